The van der Waals surface area contributed by atoms with Crippen molar-refractivity contribution in [1.29, 1.82) is 0 Å². The number of para-hydroxylation sites is 1. The van der Waals surface area contributed by atoms with Gasteiger partial charge in [0.05, 0.1) is 37.4 Å². The Labute approximate surface area is 229 Å². The van der Waals surface area contributed by atoms with Crippen molar-refractivity contribution in [2.24, 2.45) is 5.10 Å². The lowest BCUT2D eigenvalue weighted by Gasteiger charge is -2.27. The lowest BCUT2D eigenvalue weighted by Crippen LogP contribution is -2.43. The second-order valence-corrected chi connectivity index (χ2v) is 10.4. The number of hydrogen-bond donors (Lipinski definition) is 0. The molecular weight excluding hydrogens is 552 g/mol. The molecule has 1 saturated heterocycles. The zero-order chi connectivity index (χ0) is 26.5. The number of halogens is 1. The van der Waals surface area contributed by atoms with Gasteiger partial charge >= 0.3 is 0 Å². The third kappa shape index (κ3) is 5.76. The maximum atomic E-state index is 13.6. The molecule has 0 spiro atoms. The van der Waals surface area contributed by atoms with Gasteiger partial charge in [-0.25, -0.2) is 4.98 Å². The molecule has 1 aliphatic heterocycles. The lowest BCUT2D eigenvalue weighted by molar-refractivity contribution is -0.137. The Morgan fingerprint density at radius 3 is 2.71 bits per heavy atom. The van der Waals surface area contributed by atoms with Crippen LogP contribution < -0.4 is 15.0 Å². The standard InChI is InChI=1S/C28H31BrN4O5/c1-36-24-16-21(29)15-20(26(24)38-18-25(34)32-11-13-37-14-12-32)17-30-33-27(19-7-3-2-4-8-19)31-23-10-6-5-9-22(23)28(33)35/h5-6,9-10,15-17,19H,2-4,7-8,11-14,18H2,1H3. The molecule has 200 valence electrons. The molecule has 2 aliphatic rings. The van der Waals surface area contributed by atoms with E-state index < -0.39 is 0 Å². The van der Waals surface area contributed by atoms with Gasteiger partial charge in [0, 0.05) is 29.0 Å². The largest absolute Gasteiger partial charge is 0.493 e. The van der Waals surface area contributed by atoms with E-state index in [1.807, 2.05) is 24.3 Å². The van der Waals surface area contributed by atoms with E-state index in [0.717, 1.165) is 30.2 Å². The van der Waals surface area contributed by atoms with Crippen molar-refractivity contribution in [3.8, 4) is 11.5 Å². The van der Waals surface area contributed by atoms with Crippen LogP contribution in [0.5, 0.6) is 11.5 Å². The van der Waals surface area contributed by atoms with Crippen LogP contribution >= 0.6 is 15.9 Å². The predicted molar refractivity (Wildman–Crippen MR) is 148 cm³/mol. The van der Waals surface area contributed by atoms with E-state index in [1.54, 1.807) is 23.2 Å². The second kappa shape index (κ2) is 12.1. The van der Waals surface area contributed by atoms with Gasteiger partial charge in [-0.2, -0.15) is 9.78 Å². The highest BCUT2D eigenvalue weighted by atomic mass is 79.9. The Morgan fingerprint density at radius 2 is 1.95 bits per heavy atom. The molecule has 3 aromatic rings. The van der Waals surface area contributed by atoms with Gasteiger partial charge in [-0.1, -0.05) is 47.3 Å². The first-order chi connectivity index (χ1) is 18.5. The van der Waals surface area contributed by atoms with Crippen molar-refractivity contribution < 1.29 is 19.0 Å². The minimum absolute atomic E-state index is 0.129. The highest BCUT2D eigenvalue weighted by molar-refractivity contribution is 9.10. The number of amides is 1. The molecule has 2 aromatic carbocycles. The Morgan fingerprint density at radius 1 is 1.18 bits per heavy atom. The van der Waals surface area contributed by atoms with Crippen molar-refractivity contribution in [3.63, 3.8) is 0 Å². The number of rotatable bonds is 7. The van der Waals surface area contributed by atoms with Gasteiger partial charge in [-0.15, -0.1) is 0 Å². The van der Waals surface area contributed by atoms with Crippen LogP contribution in [-0.4, -0.2) is 66.7 Å². The molecule has 5 rings (SSSR count). The van der Waals surface area contributed by atoms with Crippen LogP contribution in [0.25, 0.3) is 10.9 Å². The molecule has 2 heterocycles. The van der Waals surface area contributed by atoms with Gasteiger partial charge in [-0.3, -0.25) is 9.59 Å². The first-order valence-electron chi connectivity index (χ1n) is 13.0. The fourth-order valence-corrected chi connectivity index (χ4v) is 5.48. The van der Waals surface area contributed by atoms with E-state index >= 15 is 0 Å². The highest BCUT2D eigenvalue weighted by Crippen LogP contribution is 2.35. The van der Waals surface area contributed by atoms with Gasteiger partial charge in [0.15, 0.2) is 18.1 Å². The molecule has 0 atom stereocenters. The zero-order valence-corrected chi connectivity index (χ0v) is 23.0. The fraction of sp³-hybridized carbons (Fsp3) is 0.429. The van der Waals surface area contributed by atoms with Gasteiger partial charge in [0.1, 0.15) is 5.82 Å². The van der Waals surface area contributed by atoms with Crippen molar-refractivity contribution in [2.45, 2.75) is 38.0 Å². The summed E-state index contributed by atoms with van der Waals surface area (Å²) in [6.45, 7) is 1.96. The minimum atomic E-state index is -0.209. The molecule has 1 aliphatic carbocycles. The number of fused-ring (bicyclic) bond motifs is 1. The van der Waals surface area contributed by atoms with Crippen LogP contribution in [0.15, 0.2) is 50.8 Å². The Bertz CT molecular complexity index is 1390. The van der Waals surface area contributed by atoms with Crippen LogP contribution in [0.2, 0.25) is 0 Å². The summed E-state index contributed by atoms with van der Waals surface area (Å²) in [6.07, 6.45) is 6.93. The zero-order valence-electron chi connectivity index (χ0n) is 21.4. The normalized spacial score (nSPS) is 16.7. The molecule has 0 radical (unpaired) electrons. The van der Waals surface area contributed by atoms with E-state index in [-0.39, 0.29) is 24.0 Å². The molecule has 1 amide bonds. The van der Waals surface area contributed by atoms with E-state index in [4.69, 9.17) is 19.2 Å². The van der Waals surface area contributed by atoms with E-state index in [1.165, 1.54) is 18.2 Å². The summed E-state index contributed by atoms with van der Waals surface area (Å²) >= 11 is 3.51. The third-order valence-corrected chi connectivity index (χ3v) is 7.49. The number of carbonyl (C=O) groups excluding carboxylic acids is 1. The Hall–Kier alpha value is -3.24. The maximum absolute atomic E-state index is 13.6. The molecule has 0 unspecified atom stereocenters. The average Bonchev–Trinajstić information content (AvgIpc) is 2.96. The van der Waals surface area contributed by atoms with Gasteiger partial charge in [-0.05, 0) is 37.1 Å². The van der Waals surface area contributed by atoms with E-state index in [9.17, 15) is 9.59 Å². The van der Waals surface area contributed by atoms with E-state index in [2.05, 4.69) is 21.0 Å². The van der Waals surface area contributed by atoms with Crippen LogP contribution in [0.3, 0.4) is 0 Å². The number of benzene rings is 2. The highest BCUT2D eigenvalue weighted by Gasteiger charge is 2.23. The second-order valence-electron chi connectivity index (χ2n) is 9.49. The number of methoxy groups -OCH3 is 1. The molecule has 10 heteroatoms. The van der Waals surface area contributed by atoms with Crippen molar-refractivity contribution >= 4 is 39.0 Å². The topological polar surface area (TPSA) is 95.2 Å². The van der Waals surface area contributed by atoms with Crippen molar-refractivity contribution in [3.05, 3.63) is 62.6 Å². The van der Waals surface area contributed by atoms with Crippen LogP contribution in [-0.2, 0) is 9.53 Å². The average molecular weight is 583 g/mol. The summed E-state index contributed by atoms with van der Waals surface area (Å²) < 4.78 is 19.1. The molecule has 1 saturated carbocycles. The van der Waals surface area contributed by atoms with Crippen LogP contribution in [0.1, 0.15) is 49.4 Å². The predicted octanol–water partition coefficient (Wildman–Crippen LogP) is 4.34. The fourth-order valence-electron chi connectivity index (χ4n) is 5.03. The summed E-state index contributed by atoms with van der Waals surface area (Å²) in [5.74, 6) is 1.54. The summed E-state index contributed by atoms with van der Waals surface area (Å²) in [4.78, 5) is 32.9. The summed E-state index contributed by atoms with van der Waals surface area (Å²) in [5.41, 5.74) is 1.04. The third-order valence-electron chi connectivity index (χ3n) is 7.03. The van der Waals surface area contributed by atoms with E-state index in [0.29, 0.717) is 60.1 Å². The number of hydrogen-bond acceptors (Lipinski definition) is 7. The Kier molecular flexibility index (Phi) is 8.38. The first kappa shape index (κ1) is 26.4. The lowest BCUT2D eigenvalue weighted by atomic mass is 9.88. The molecule has 0 bridgehead atoms. The summed E-state index contributed by atoms with van der Waals surface area (Å²) in [6, 6.07) is 10.9. The smallest absolute Gasteiger partial charge is 0.282 e. The minimum Gasteiger partial charge on any atom is -0.493 e. The van der Waals surface area contributed by atoms with Gasteiger partial charge in [0.2, 0.25) is 0 Å². The van der Waals surface area contributed by atoms with Crippen LogP contribution in [0, 0.1) is 0 Å². The molecular formula is C28H31BrN4O5. The van der Waals surface area contributed by atoms with Gasteiger partial charge < -0.3 is 19.1 Å². The van der Waals surface area contributed by atoms with Crippen molar-refractivity contribution in [2.75, 3.05) is 40.0 Å². The SMILES string of the molecule is COc1cc(Br)cc(C=Nn2c(C3CCCCC3)nc3ccccc3c2=O)c1OCC(=O)N1CCOCC1. The number of ether oxygens (including phenoxy) is 3. The maximum Gasteiger partial charge on any atom is 0.282 e. The Balaban J connectivity index is 1.51. The molecule has 2 fully saturated rings. The summed E-state index contributed by atoms with van der Waals surface area (Å²) in [7, 11) is 1.54. The first-order valence-corrected chi connectivity index (χ1v) is 13.8. The quantitative estimate of drug-likeness (QED) is 0.385. The monoisotopic (exact) mass is 582 g/mol. The molecule has 38 heavy (non-hydrogen) atoms. The number of aromatic nitrogens is 2. The van der Waals surface area contributed by atoms with Crippen LogP contribution in [0.4, 0.5) is 0 Å². The number of morpholine rings is 1. The van der Waals surface area contributed by atoms with Gasteiger partial charge in [0.25, 0.3) is 11.5 Å². The summed E-state index contributed by atoms with van der Waals surface area (Å²) in [5, 5.41) is 5.16. The van der Waals surface area contributed by atoms with Crippen molar-refractivity contribution in [1.82, 2.24) is 14.6 Å². The molecule has 1 aromatic heterocycles. The number of nitrogens with zero attached hydrogens (tertiary/aromatic N) is 4. The number of carbonyl (C=O) groups is 1. The molecule has 0 N–H and O–H groups in total. The molecule has 9 nitrogen and oxygen atoms in total.